The lowest BCUT2D eigenvalue weighted by molar-refractivity contribution is 0.926. The van der Waals surface area contributed by atoms with Crippen LogP contribution in [0.25, 0.3) is 5.65 Å². The molecule has 2 aromatic heterocycles. The average Bonchev–Trinajstić information content (AvgIpc) is 2.75. The molecule has 108 valence electrons. The highest BCUT2D eigenvalue weighted by Gasteiger charge is 2.17. The number of fused-ring (bicyclic) bond motifs is 1. The standard InChI is InChI=1S/C12H11BrClN7/c1-6-9(14)12-19-11(18-3-2-7(16)4-13)8(5-15)10(17)21(12)20-6/h2-3,16H,4,17H2,1H3,(H,18,19)/b3-2-,16-7?. The molecule has 0 unspecified atom stereocenters. The van der Waals surface area contributed by atoms with Crippen molar-refractivity contribution in [2.45, 2.75) is 6.92 Å². The van der Waals surface area contributed by atoms with E-state index >= 15 is 0 Å². The molecule has 0 fully saturated rings. The molecule has 0 aliphatic rings. The van der Waals surface area contributed by atoms with Crippen LogP contribution in [-0.2, 0) is 0 Å². The number of aryl methyl sites for hydroxylation is 1. The maximum atomic E-state index is 9.23. The highest BCUT2D eigenvalue weighted by molar-refractivity contribution is 9.09. The topological polar surface area (TPSA) is 116 Å². The number of rotatable bonds is 4. The van der Waals surface area contributed by atoms with Crippen molar-refractivity contribution < 1.29 is 0 Å². The molecule has 0 radical (unpaired) electrons. The maximum Gasteiger partial charge on any atom is 0.178 e. The van der Waals surface area contributed by atoms with Gasteiger partial charge in [-0.25, -0.2) is 4.98 Å². The van der Waals surface area contributed by atoms with Crippen molar-refractivity contribution in [3.63, 3.8) is 0 Å². The van der Waals surface area contributed by atoms with E-state index in [2.05, 4.69) is 31.3 Å². The predicted octanol–water partition coefficient (Wildman–Crippen LogP) is 2.49. The Bertz CT molecular complexity index is 787. The molecule has 0 saturated carbocycles. The van der Waals surface area contributed by atoms with E-state index in [1.54, 1.807) is 13.0 Å². The average molecular weight is 369 g/mol. The van der Waals surface area contributed by atoms with Crippen molar-refractivity contribution in [3.05, 3.63) is 28.6 Å². The first kappa shape index (κ1) is 15.3. The Morgan fingerprint density at radius 3 is 3.00 bits per heavy atom. The van der Waals surface area contributed by atoms with Gasteiger partial charge in [0.2, 0.25) is 0 Å². The molecular formula is C12H11BrClN7. The zero-order valence-corrected chi connectivity index (χ0v) is 13.3. The lowest BCUT2D eigenvalue weighted by atomic mass is 10.3. The second-order valence-electron chi connectivity index (χ2n) is 4.10. The van der Waals surface area contributed by atoms with Crippen molar-refractivity contribution in [3.8, 4) is 6.07 Å². The number of aromatic nitrogens is 3. The molecule has 0 atom stereocenters. The van der Waals surface area contributed by atoms with Gasteiger partial charge in [0.05, 0.1) is 5.69 Å². The molecule has 0 amide bonds. The largest absolute Gasteiger partial charge is 0.382 e. The van der Waals surface area contributed by atoms with Crippen LogP contribution in [0.2, 0.25) is 5.02 Å². The van der Waals surface area contributed by atoms with E-state index in [0.717, 1.165) is 0 Å². The number of alkyl halides is 1. The number of nitrogen functional groups attached to an aromatic ring is 1. The number of allylic oxidation sites excluding steroid dienone is 1. The van der Waals surface area contributed by atoms with E-state index < -0.39 is 0 Å². The molecule has 0 aliphatic heterocycles. The molecule has 0 spiro atoms. The van der Waals surface area contributed by atoms with Crippen LogP contribution in [0.4, 0.5) is 11.6 Å². The summed E-state index contributed by atoms with van der Waals surface area (Å²) < 4.78 is 1.34. The van der Waals surface area contributed by atoms with Crippen molar-refractivity contribution in [1.82, 2.24) is 14.6 Å². The molecule has 0 saturated heterocycles. The molecule has 2 heterocycles. The van der Waals surface area contributed by atoms with E-state index in [0.29, 0.717) is 27.4 Å². The number of nitrogens with zero attached hydrogens (tertiary/aromatic N) is 4. The lowest BCUT2D eigenvalue weighted by Crippen LogP contribution is -2.07. The minimum atomic E-state index is 0.156. The smallest absolute Gasteiger partial charge is 0.178 e. The van der Waals surface area contributed by atoms with Crippen LogP contribution >= 0.6 is 27.5 Å². The number of halogens is 2. The first-order valence-corrected chi connectivity index (χ1v) is 7.30. The van der Waals surface area contributed by atoms with Crippen molar-refractivity contribution in [1.29, 1.82) is 10.7 Å². The molecule has 7 nitrogen and oxygen atoms in total. The number of hydrogen-bond donors (Lipinski definition) is 3. The molecule has 0 aromatic carbocycles. The van der Waals surface area contributed by atoms with Crippen LogP contribution in [0.5, 0.6) is 0 Å². The van der Waals surface area contributed by atoms with Gasteiger partial charge in [-0.15, -0.1) is 0 Å². The molecule has 0 bridgehead atoms. The number of anilines is 2. The van der Waals surface area contributed by atoms with Crippen LogP contribution in [0.1, 0.15) is 11.3 Å². The summed E-state index contributed by atoms with van der Waals surface area (Å²) in [6, 6.07) is 1.99. The number of nitriles is 1. The van der Waals surface area contributed by atoms with Gasteiger partial charge in [0, 0.05) is 17.2 Å². The third-order valence-corrected chi connectivity index (χ3v) is 3.71. The number of hydrogen-bond acceptors (Lipinski definition) is 6. The van der Waals surface area contributed by atoms with Crippen LogP contribution in [0, 0.1) is 23.7 Å². The van der Waals surface area contributed by atoms with Gasteiger partial charge in [-0.05, 0) is 13.0 Å². The maximum absolute atomic E-state index is 9.23. The molecule has 4 N–H and O–H groups in total. The Morgan fingerprint density at radius 1 is 1.67 bits per heavy atom. The van der Waals surface area contributed by atoms with Crippen molar-refractivity contribution in [2.24, 2.45) is 0 Å². The number of nitrogens with one attached hydrogen (secondary N) is 2. The van der Waals surface area contributed by atoms with Crippen LogP contribution in [0.3, 0.4) is 0 Å². The van der Waals surface area contributed by atoms with Gasteiger partial charge < -0.3 is 16.5 Å². The Morgan fingerprint density at radius 2 is 2.38 bits per heavy atom. The molecular weight excluding hydrogens is 358 g/mol. The predicted molar refractivity (Wildman–Crippen MR) is 86.1 cm³/mol. The quantitative estimate of drug-likeness (QED) is 0.566. The summed E-state index contributed by atoms with van der Waals surface area (Å²) in [4.78, 5) is 4.27. The normalized spacial score (nSPS) is 11.0. The third kappa shape index (κ3) is 2.84. The van der Waals surface area contributed by atoms with E-state index in [1.807, 2.05) is 6.07 Å². The number of nitrogens with two attached hydrogens (primary N) is 1. The molecule has 2 aromatic rings. The van der Waals surface area contributed by atoms with Crippen LogP contribution < -0.4 is 11.1 Å². The Labute approximate surface area is 134 Å². The zero-order valence-electron chi connectivity index (χ0n) is 11.0. The molecule has 21 heavy (non-hydrogen) atoms. The van der Waals surface area contributed by atoms with E-state index in [4.69, 9.17) is 22.7 Å². The first-order valence-electron chi connectivity index (χ1n) is 5.80. The van der Waals surface area contributed by atoms with Gasteiger partial charge in [0.1, 0.15) is 22.5 Å². The van der Waals surface area contributed by atoms with Crippen molar-refractivity contribution >= 4 is 50.5 Å². The second kappa shape index (κ2) is 6.11. The summed E-state index contributed by atoms with van der Waals surface area (Å²) in [6.07, 6.45) is 3.06. The van der Waals surface area contributed by atoms with E-state index in [9.17, 15) is 5.26 Å². The van der Waals surface area contributed by atoms with Gasteiger partial charge >= 0.3 is 0 Å². The van der Waals surface area contributed by atoms with Gasteiger partial charge in [-0.1, -0.05) is 27.5 Å². The summed E-state index contributed by atoms with van der Waals surface area (Å²) >= 11 is 9.28. The fourth-order valence-corrected chi connectivity index (χ4v) is 1.98. The second-order valence-corrected chi connectivity index (χ2v) is 5.04. The third-order valence-electron chi connectivity index (χ3n) is 2.66. The van der Waals surface area contributed by atoms with Gasteiger partial charge in [0.25, 0.3) is 0 Å². The lowest BCUT2D eigenvalue weighted by Gasteiger charge is -2.07. The van der Waals surface area contributed by atoms with Gasteiger partial charge in [-0.3, -0.25) is 0 Å². The Kier molecular flexibility index (Phi) is 4.45. The summed E-state index contributed by atoms with van der Waals surface area (Å²) in [7, 11) is 0. The minimum absolute atomic E-state index is 0.156. The molecule has 0 aliphatic carbocycles. The minimum Gasteiger partial charge on any atom is -0.382 e. The Hall–Kier alpha value is -2.11. The monoisotopic (exact) mass is 367 g/mol. The highest BCUT2D eigenvalue weighted by atomic mass is 79.9. The first-order chi connectivity index (χ1) is 9.99. The zero-order chi connectivity index (χ0) is 15.6. The molecule has 9 heteroatoms. The van der Waals surface area contributed by atoms with Gasteiger partial charge in [-0.2, -0.15) is 14.9 Å². The summed E-state index contributed by atoms with van der Waals surface area (Å²) in [5.41, 5.74) is 7.42. The fourth-order valence-electron chi connectivity index (χ4n) is 1.63. The Balaban J connectivity index is 2.53. The van der Waals surface area contributed by atoms with Crippen LogP contribution in [0.15, 0.2) is 12.3 Å². The molecule has 2 rings (SSSR count). The van der Waals surface area contributed by atoms with Gasteiger partial charge in [0.15, 0.2) is 11.5 Å². The van der Waals surface area contributed by atoms with E-state index in [1.165, 1.54) is 10.7 Å². The van der Waals surface area contributed by atoms with E-state index in [-0.39, 0.29) is 17.2 Å². The van der Waals surface area contributed by atoms with Crippen molar-refractivity contribution in [2.75, 3.05) is 16.4 Å². The SMILES string of the molecule is Cc1nn2c(N)c(C#N)c(N/C=C\C(=N)CBr)nc2c1Cl. The summed E-state index contributed by atoms with van der Waals surface area (Å²) in [5.74, 6) is 0.423. The van der Waals surface area contributed by atoms with Crippen LogP contribution in [-0.4, -0.2) is 25.6 Å². The summed E-state index contributed by atoms with van der Waals surface area (Å²) in [6.45, 7) is 1.73. The highest BCUT2D eigenvalue weighted by Crippen LogP contribution is 2.27. The fraction of sp³-hybridized carbons (Fsp3) is 0.167. The summed E-state index contributed by atoms with van der Waals surface area (Å²) in [5, 5.41) is 24.5.